The lowest BCUT2D eigenvalue weighted by molar-refractivity contribution is -0.137. The van der Waals surface area contributed by atoms with Gasteiger partial charge in [0.25, 0.3) is 5.91 Å². The van der Waals surface area contributed by atoms with Crippen molar-refractivity contribution >= 4 is 34.2 Å². The lowest BCUT2D eigenvalue weighted by Gasteiger charge is -2.11. The number of carbonyl (C=O) groups excluding carboxylic acids is 1. The quantitative estimate of drug-likeness (QED) is 0.605. The van der Waals surface area contributed by atoms with Crippen LogP contribution in [0, 0.1) is 0 Å². The number of nitrogens with one attached hydrogen (secondary N) is 1. The van der Waals surface area contributed by atoms with Crippen LogP contribution in [0.2, 0.25) is 5.02 Å². The summed E-state index contributed by atoms with van der Waals surface area (Å²) in [5.41, 5.74) is -2.36. The average Bonchev–Trinajstić information content (AvgIpc) is 2.62. The molecular formula is C19H13ClF3NO4. The maximum atomic E-state index is 12.9. The Kier molecular flexibility index (Phi) is 5.33. The van der Waals surface area contributed by atoms with Crippen LogP contribution in [-0.2, 0) is 6.18 Å². The molecule has 28 heavy (non-hydrogen) atoms. The molecule has 0 saturated heterocycles. The molecule has 0 aliphatic carbocycles. The first-order valence-corrected chi connectivity index (χ1v) is 8.45. The molecule has 0 radical (unpaired) electrons. The van der Waals surface area contributed by atoms with Gasteiger partial charge in [-0.25, -0.2) is 4.79 Å². The van der Waals surface area contributed by atoms with E-state index in [0.717, 1.165) is 12.1 Å². The molecule has 9 heteroatoms. The molecule has 1 heterocycles. The Hall–Kier alpha value is -3.00. The molecule has 0 aliphatic rings. The number of hydrogen-bond donors (Lipinski definition) is 1. The third kappa shape index (κ3) is 4.12. The fraction of sp³-hybridized carbons (Fsp3) is 0.158. The van der Waals surface area contributed by atoms with Crippen molar-refractivity contribution in [3.63, 3.8) is 0 Å². The molecule has 1 N–H and O–H groups in total. The molecule has 2 aromatic carbocycles. The summed E-state index contributed by atoms with van der Waals surface area (Å²) in [5, 5.41) is 2.56. The first-order valence-electron chi connectivity index (χ1n) is 8.08. The number of benzene rings is 2. The summed E-state index contributed by atoms with van der Waals surface area (Å²) < 4.78 is 49.0. The summed E-state index contributed by atoms with van der Waals surface area (Å²) in [7, 11) is 0. The Morgan fingerprint density at radius 3 is 2.61 bits per heavy atom. The van der Waals surface area contributed by atoms with E-state index in [0.29, 0.717) is 23.8 Å². The maximum absolute atomic E-state index is 12.9. The van der Waals surface area contributed by atoms with Crippen molar-refractivity contribution in [3.8, 4) is 5.75 Å². The van der Waals surface area contributed by atoms with Gasteiger partial charge in [-0.05, 0) is 43.3 Å². The summed E-state index contributed by atoms with van der Waals surface area (Å²) in [6.45, 7) is 2.22. The van der Waals surface area contributed by atoms with E-state index in [1.54, 1.807) is 19.1 Å². The van der Waals surface area contributed by atoms with Gasteiger partial charge in [0, 0.05) is 11.5 Å². The van der Waals surface area contributed by atoms with Gasteiger partial charge in [0.15, 0.2) is 0 Å². The van der Waals surface area contributed by atoms with Crippen molar-refractivity contribution in [1.29, 1.82) is 0 Å². The van der Waals surface area contributed by atoms with Crippen LogP contribution in [0.4, 0.5) is 18.9 Å². The van der Waals surface area contributed by atoms with Gasteiger partial charge in [0.1, 0.15) is 16.9 Å². The highest BCUT2D eigenvalue weighted by Crippen LogP contribution is 2.34. The van der Waals surface area contributed by atoms with E-state index in [1.807, 2.05) is 0 Å². The Morgan fingerprint density at radius 2 is 1.93 bits per heavy atom. The number of rotatable bonds is 4. The highest BCUT2D eigenvalue weighted by Gasteiger charge is 2.31. The minimum absolute atomic E-state index is 0.104. The summed E-state index contributed by atoms with van der Waals surface area (Å²) in [6.07, 6.45) is -4.61. The molecule has 3 rings (SSSR count). The fourth-order valence-electron chi connectivity index (χ4n) is 2.49. The second-order valence-electron chi connectivity index (χ2n) is 5.73. The molecule has 0 atom stereocenters. The molecule has 146 valence electrons. The maximum Gasteiger partial charge on any atom is 0.416 e. The second-order valence-corrected chi connectivity index (χ2v) is 6.13. The zero-order valence-corrected chi connectivity index (χ0v) is 15.1. The molecule has 1 amide bonds. The fourth-order valence-corrected chi connectivity index (χ4v) is 2.66. The van der Waals surface area contributed by atoms with E-state index in [1.165, 1.54) is 12.1 Å². The lowest BCUT2D eigenvalue weighted by atomic mass is 10.1. The van der Waals surface area contributed by atoms with E-state index < -0.39 is 23.3 Å². The van der Waals surface area contributed by atoms with Crippen LogP contribution in [0.25, 0.3) is 11.0 Å². The molecule has 0 spiro atoms. The van der Waals surface area contributed by atoms with E-state index in [9.17, 15) is 22.8 Å². The van der Waals surface area contributed by atoms with E-state index >= 15 is 0 Å². The molecule has 0 aliphatic heterocycles. The van der Waals surface area contributed by atoms with Crippen molar-refractivity contribution in [3.05, 3.63) is 69.0 Å². The molecular weight excluding hydrogens is 399 g/mol. The average molecular weight is 412 g/mol. The lowest BCUT2D eigenvalue weighted by Crippen LogP contribution is -2.21. The number of anilines is 1. The standard InChI is InChI=1S/C19H13ClF3NO4/c1-2-27-12-5-3-10-7-13(18(26)28-16(10)9-12)17(25)24-15-8-11(19(21,22)23)4-6-14(15)20/h3-9H,2H2,1H3,(H,24,25). The summed E-state index contributed by atoms with van der Waals surface area (Å²) >= 11 is 5.86. The van der Waals surface area contributed by atoms with Gasteiger partial charge in [0.2, 0.25) is 0 Å². The van der Waals surface area contributed by atoms with Crippen molar-refractivity contribution in [2.75, 3.05) is 11.9 Å². The Balaban J connectivity index is 1.95. The number of carbonyl (C=O) groups is 1. The van der Waals surface area contributed by atoms with E-state index in [4.69, 9.17) is 20.8 Å². The van der Waals surface area contributed by atoms with Crippen molar-refractivity contribution in [2.45, 2.75) is 13.1 Å². The largest absolute Gasteiger partial charge is 0.494 e. The number of amides is 1. The molecule has 0 saturated carbocycles. The Morgan fingerprint density at radius 1 is 1.18 bits per heavy atom. The second kappa shape index (κ2) is 7.55. The third-order valence-corrected chi connectivity index (χ3v) is 4.13. The topological polar surface area (TPSA) is 68.5 Å². The van der Waals surface area contributed by atoms with E-state index in [2.05, 4.69) is 5.32 Å². The van der Waals surface area contributed by atoms with Crippen LogP contribution in [0.15, 0.2) is 51.7 Å². The smallest absolute Gasteiger partial charge is 0.416 e. The molecule has 0 fully saturated rings. The van der Waals surface area contributed by atoms with Crippen LogP contribution in [0.1, 0.15) is 22.8 Å². The minimum Gasteiger partial charge on any atom is -0.494 e. The molecule has 5 nitrogen and oxygen atoms in total. The molecule has 0 bridgehead atoms. The van der Waals surface area contributed by atoms with Crippen LogP contribution >= 0.6 is 11.6 Å². The Bertz CT molecular complexity index is 1110. The monoisotopic (exact) mass is 411 g/mol. The summed E-state index contributed by atoms with van der Waals surface area (Å²) in [4.78, 5) is 24.6. The number of fused-ring (bicyclic) bond motifs is 1. The van der Waals surface area contributed by atoms with Crippen LogP contribution in [0.5, 0.6) is 5.75 Å². The molecule has 0 unspecified atom stereocenters. The van der Waals surface area contributed by atoms with Crippen LogP contribution < -0.4 is 15.7 Å². The van der Waals surface area contributed by atoms with Crippen molar-refractivity contribution in [2.24, 2.45) is 0 Å². The van der Waals surface area contributed by atoms with Crippen molar-refractivity contribution < 1.29 is 27.1 Å². The van der Waals surface area contributed by atoms with Gasteiger partial charge in [-0.2, -0.15) is 13.2 Å². The zero-order valence-electron chi connectivity index (χ0n) is 14.4. The van der Waals surface area contributed by atoms with E-state index in [-0.39, 0.29) is 21.9 Å². The van der Waals surface area contributed by atoms with Crippen LogP contribution in [-0.4, -0.2) is 12.5 Å². The number of hydrogen-bond acceptors (Lipinski definition) is 4. The van der Waals surface area contributed by atoms with Crippen molar-refractivity contribution in [1.82, 2.24) is 0 Å². The third-order valence-electron chi connectivity index (χ3n) is 3.80. The molecule has 3 aromatic rings. The van der Waals surface area contributed by atoms with Gasteiger partial charge >= 0.3 is 11.8 Å². The minimum atomic E-state index is -4.61. The SMILES string of the molecule is CCOc1ccc2cc(C(=O)Nc3cc(C(F)(F)F)ccc3Cl)c(=O)oc2c1. The van der Waals surface area contributed by atoms with Gasteiger partial charge in [-0.1, -0.05) is 11.6 Å². The normalized spacial score (nSPS) is 11.5. The van der Waals surface area contributed by atoms with Crippen LogP contribution in [0.3, 0.4) is 0 Å². The highest BCUT2D eigenvalue weighted by molar-refractivity contribution is 6.34. The first-order chi connectivity index (χ1) is 13.2. The predicted molar refractivity (Wildman–Crippen MR) is 98.1 cm³/mol. The van der Waals surface area contributed by atoms with Gasteiger partial charge < -0.3 is 14.5 Å². The number of alkyl halides is 3. The Labute approximate surface area is 161 Å². The predicted octanol–water partition coefficient (Wildman–Crippen LogP) is 5.12. The van der Waals surface area contributed by atoms with Gasteiger partial charge in [0.05, 0.1) is 22.9 Å². The first kappa shape index (κ1) is 19.8. The number of halogens is 4. The summed E-state index contributed by atoms with van der Waals surface area (Å²) in [6, 6.07) is 8.52. The zero-order chi connectivity index (χ0) is 20.5. The van der Waals surface area contributed by atoms with Gasteiger partial charge in [-0.3, -0.25) is 4.79 Å². The number of ether oxygens (including phenoxy) is 1. The van der Waals surface area contributed by atoms with Gasteiger partial charge in [-0.15, -0.1) is 0 Å². The molecule has 1 aromatic heterocycles. The highest BCUT2D eigenvalue weighted by atomic mass is 35.5. The summed E-state index contributed by atoms with van der Waals surface area (Å²) in [5.74, 6) is -0.447.